The van der Waals surface area contributed by atoms with Gasteiger partial charge in [-0.3, -0.25) is 9.59 Å². The van der Waals surface area contributed by atoms with Crippen molar-refractivity contribution in [3.8, 4) is 11.1 Å². The van der Waals surface area contributed by atoms with Gasteiger partial charge >= 0.3 is 12.1 Å². The van der Waals surface area contributed by atoms with Crippen molar-refractivity contribution in [3.05, 3.63) is 95.1 Å². The van der Waals surface area contributed by atoms with E-state index in [1.165, 1.54) is 0 Å². The predicted octanol–water partition coefficient (Wildman–Crippen LogP) is 3.99. The van der Waals surface area contributed by atoms with Gasteiger partial charge in [0.05, 0.1) is 6.42 Å². The number of carboxylic acid groups (broad SMARTS) is 1. The van der Waals surface area contributed by atoms with E-state index in [1.807, 2.05) is 79.7 Å². The number of aryl methyl sites for hydroxylation is 1. The molecule has 0 bridgehead atoms. The average Bonchev–Trinajstić information content (AvgIpc) is 3.14. The molecule has 0 saturated heterocycles. The highest BCUT2D eigenvalue weighted by atomic mass is 16.5. The fourth-order valence-electron chi connectivity index (χ4n) is 4.30. The summed E-state index contributed by atoms with van der Waals surface area (Å²) >= 11 is 0. The monoisotopic (exact) mass is 458 g/mol. The Bertz CT molecular complexity index is 1180. The lowest BCUT2D eigenvalue weighted by Gasteiger charge is -2.19. The number of hydrogen-bond donors (Lipinski definition) is 3. The Morgan fingerprint density at radius 2 is 1.59 bits per heavy atom. The van der Waals surface area contributed by atoms with E-state index in [0.29, 0.717) is 0 Å². The van der Waals surface area contributed by atoms with Gasteiger partial charge < -0.3 is 20.5 Å². The van der Waals surface area contributed by atoms with E-state index in [-0.39, 0.29) is 19.1 Å². The Kier molecular flexibility index (Phi) is 6.92. The SMILES string of the molecule is Cc1cccc(CNC(=O)C(CC(=O)O)NC(=O)OCC2c3ccccc3-c3ccccc32)c1. The van der Waals surface area contributed by atoms with E-state index in [4.69, 9.17) is 4.74 Å². The van der Waals surface area contributed by atoms with Crippen molar-refractivity contribution >= 4 is 18.0 Å². The van der Waals surface area contributed by atoms with Crippen molar-refractivity contribution in [1.82, 2.24) is 10.6 Å². The van der Waals surface area contributed by atoms with Gasteiger partial charge in [0.1, 0.15) is 12.6 Å². The topological polar surface area (TPSA) is 105 Å². The Balaban J connectivity index is 1.38. The van der Waals surface area contributed by atoms with Gasteiger partial charge in [0.15, 0.2) is 0 Å². The highest BCUT2D eigenvalue weighted by Gasteiger charge is 2.30. The third-order valence-electron chi connectivity index (χ3n) is 5.88. The first-order valence-electron chi connectivity index (χ1n) is 11.1. The minimum atomic E-state index is -1.25. The molecule has 4 rings (SSSR count). The van der Waals surface area contributed by atoms with Gasteiger partial charge in [-0.15, -0.1) is 0 Å². The standard InChI is InChI=1S/C27H26N2O5/c1-17-7-6-8-18(13-17)15-28-26(32)24(14-25(30)31)29-27(33)34-16-23-21-11-4-2-9-19(21)20-10-3-5-12-22(20)23/h2-13,23-24H,14-16H2,1H3,(H,28,32)(H,29,33)(H,30,31). The molecule has 0 radical (unpaired) electrons. The molecule has 2 amide bonds. The van der Waals surface area contributed by atoms with Gasteiger partial charge in [0.2, 0.25) is 5.91 Å². The maximum atomic E-state index is 12.6. The van der Waals surface area contributed by atoms with Crippen LogP contribution in [0.1, 0.15) is 34.6 Å². The van der Waals surface area contributed by atoms with Gasteiger partial charge in [-0.2, -0.15) is 0 Å². The Labute approximate surface area is 197 Å². The zero-order valence-electron chi connectivity index (χ0n) is 18.8. The average molecular weight is 459 g/mol. The number of rotatable bonds is 8. The highest BCUT2D eigenvalue weighted by Crippen LogP contribution is 2.44. The Hall–Kier alpha value is -4.13. The molecule has 0 heterocycles. The van der Waals surface area contributed by atoms with Gasteiger partial charge in [-0.1, -0.05) is 78.4 Å². The maximum absolute atomic E-state index is 12.6. The number of carboxylic acids is 1. The summed E-state index contributed by atoms with van der Waals surface area (Å²) in [6.45, 7) is 2.24. The first-order valence-corrected chi connectivity index (χ1v) is 11.1. The number of amides is 2. The number of benzene rings is 3. The van der Waals surface area contributed by atoms with Gasteiger partial charge in [-0.25, -0.2) is 4.79 Å². The molecule has 1 unspecified atom stereocenters. The molecule has 1 aliphatic carbocycles. The van der Waals surface area contributed by atoms with Crippen LogP contribution in [-0.2, 0) is 20.9 Å². The van der Waals surface area contributed by atoms with Gasteiger partial charge in [-0.05, 0) is 34.7 Å². The molecule has 1 atom stereocenters. The van der Waals surface area contributed by atoms with Crippen LogP contribution in [0.25, 0.3) is 11.1 Å². The van der Waals surface area contributed by atoms with E-state index >= 15 is 0 Å². The van der Waals surface area contributed by atoms with E-state index in [0.717, 1.165) is 33.4 Å². The summed E-state index contributed by atoms with van der Waals surface area (Å²) in [6.07, 6.45) is -1.39. The quantitative estimate of drug-likeness (QED) is 0.473. The smallest absolute Gasteiger partial charge is 0.407 e. The van der Waals surface area contributed by atoms with Crippen LogP contribution in [0.15, 0.2) is 72.8 Å². The number of aliphatic carboxylic acids is 1. The normalized spacial score (nSPS) is 12.9. The molecule has 0 saturated carbocycles. The largest absolute Gasteiger partial charge is 0.481 e. The maximum Gasteiger partial charge on any atom is 0.407 e. The second-order valence-electron chi connectivity index (χ2n) is 8.33. The van der Waals surface area contributed by atoms with Crippen LogP contribution in [-0.4, -0.2) is 35.7 Å². The summed E-state index contributed by atoms with van der Waals surface area (Å²) < 4.78 is 5.46. The molecule has 0 aliphatic heterocycles. The van der Waals surface area contributed by atoms with E-state index in [2.05, 4.69) is 10.6 Å². The van der Waals surface area contributed by atoms with Crippen LogP contribution in [0.5, 0.6) is 0 Å². The highest BCUT2D eigenvalue weighted by molar-refractivity contribution is 5.89. The predicted molar refractivity (Wildman–Crippen MR) is 127 cm³/mol. The molecular formula is C27H26N2O5. The molecule has 0 aromatic heterocycles. The fraction of sp³-hybridized carbons (Fsp3) is 0.222. The van der Waals surface area contributed by atoms with Crippen LogP contribution in [0.3, 0.4) is 0 Å². The minimum absolute atomic E-state index is 0.0740. The molecule has 7 nitrogen and oxygen atoms in total. The van der Waals surface area contributed by atoms with Gasteiger partial charge in [0, 0.05) is 12.5 Å². The first-order chi connectivity index (χ1) is 16.4. The zero-order valence-corrected chi connectivity index (χ0v) is 18.8. The van der Waals surface area contributed by atoms with Crippen molar-refractivity contribution in [1.29, 1.82) is 0 Å². The number of ether oxygens (including phenoxy) is 1. The molecular weight excluding hydrogens is 432 g/mol. The Morgan fingerprint density at radius 1 is 0.941 bits per heavy atom. The summed E-state index contributed by atoms with van der Waals surface area (Å²) in [4.78, 5) is 36.4. The second kappa shape index (κ2) is 10.2. The molecule has 7 heteroatoms. The van der Waals surface area contributed by atoms with Crippen LogP contribution < -0.4 is 10.6 Å². The van der Waals surface area contributed by atoms with Crippen molar-refractivity contribution in [3.63, 3.8) is 0 Å². The van der Waals surface area contributed by atoms with Crippen LogP contribution in [0.2, 0.25) is 0 Å². The lowest BCUT2D eigenvalue weighted by molar-refractivity contribution is -0.139. The third-order valence-corrected chi connectivity index (χ3v) is 5.88. The summed E-state index contributed by atoms with van der Waals surface area (Å²) in [7, 11) is 0. The number of nitrogens with one attached hydrogen (secondary N) is 2. The lowest BCUT2D eigenvalue weighted by atomic mass is 9.98. The third kappa shape index (κ3) is 5.26. The van der Waals surface area contributed by atoms with Crippen LogP contribution in [0.4, 0.5) is 4.79 Å². The van der Waals surface area contributed by atoms with Crippen molar-refractivity contribution in [2.24, 2.45) is 0 Å². The lowest BCUT2D eigenvalue weighted by Crippen LogP contribution is -2.48. The van der Waals surface area contributed by atoms with Crippen molar-refractivity contribution in [2.75, 3.05) is 6.61 Å². The summed E-state index contributed by atoms with van der Waals surface area (Å²) in [5, 5.41) is 14.3. The minimum Gasteiger partial charge on any atom is -0.481 e. The number of fused-ring (bicyclic) bond motifs is 3. The molecule has 3 aromatic carbocycles. The molecule has 1 aliphatic rings. The Morgan fingerprint density at radius 3 is 2.21 bits per heavy atom. The molecule has 0 fully saturated rings. The van der Waals surface area contributed by atoms with E-state index in [1.54, 1.807) is 0 Å². The zero-order chi connectivity index (χ0) is 24.1. The van der Waals surface area contributed by atoms with E-state index in [9.17, 15) is 19.5 Å². The van der Waals surface area contributed by atoms with E-state index < -0.39 is 30.4 Å². The molecule has 174 valence electrons. The number of carbonyl (C=O) groups excluding carboxylic acids is 2. The van der Waals surface area contributed by atoms with Crippen LogP contribution >= 0.6 is 0 Å². The van der Waals surface area contributed by atoms with Gasteiger partial charge in [0.25, 0.3) is 0 Å². The summed E-state index contributed by atoms with van der Waals surface area (Å²) in [6, 6.07) is 22.3. The molecule has 34 heavy (non-hydrogen) atoms. The number of alkyl carbamates (subject to hydrolysis) is 1. The van der Waals surface area contributed by atoms with Crippen molar-refractivity contribution in [2.45, 2.75) is 31.8 Å². The second-order valence-corrected chi connectivity index (χ2v) is 8.33. The van der Waals surface area contributed by atoms with Crippen molar-refractivity contribution < 1.29 is 24.2 Å². The molecule has 0 spiro atoms. The molecule has 3 N–H and O–H groups in total. The molecule has 3 aromatic rings. The van der Waals surface area contributed by atoms with Crippen LogP contribution in [0, 0.1) is 6.92 Å². The first kappa shape index (κ1) is 23.0. The fourth-order valence-corrected chi connectivity index (χ4v) is 4.30. The number of hydrogen-bond acceptors (Lipinski definition) is 4. The summed E-state index contributed by atoms with van der Waals surface area (Å²) in [5.41, 5.74) is 6.26. The number of carbonyl (C=O) groups is 3. The summed E-state index contributed by atoms with van der Waals surface area (Å²) in [5.74, 6) is -1.92.